The van der Waals surface area contributed by atoms with E-state index in [9.17, 15) is 10.1 Å². The normalized spacial score (nSPS) is 15.3. The molecule has 1 N–H and O–H groups in total. The van der Waals surface area contributed by atoms with Gasteiger partial charge in [-0.1, -0.05) is 76.6 Å². The van der Waals surface area contributed by atoms with Gasteiger partial charge in [-0.05, 0) is 60.3 Å². The van der Waals surface area contributed by atoms with E-state index in [0.29, 0.717) is 22.0 Å². The highest BCUT2D eigenvalue weighted by Gasteiger charge is 2.34. The third kappa shape index (κ3) is 4.79. The number of anilines is 1. The maximum Gasteiger partial charge on any atom is 0.257 e. The van der Waals surface area contributed by atoms with Crippen LogP contribution in [0.2, 0.25) is 0 Å². The van der Waals surface area contributed by atoms with Crippen molar-refractivity contribution in [3.05, 3.63) is 81.7 Å². The molecule has 1 aliphatic rings. The van der Waals surface area contributed by atoms with Crippen LogP contribution < -0.4 is 5.32 Å². The molecule has 4 aromatic rings. The molecule has 0 saturated carbocycles. The van der Waals surface area contributed by atoms with Gasteiger partial charge in [-0.2, -0.15) is 5.26 Å². The number of carbonyl (C=O) groups is 1. The van der Waals surface area contributed by atoms with Gasteiger partial charge in [-0.15, -0.1) is 11.3 Å². The first-order valence-corrected chi connectivity index (χ1v) is 14.0. The fourth-order valence-corrected chi connectivity index (χ4v) is 6.61. The van der Waals surface area contributed by atoms with E-state index < -0.39 is 0 Å². The Morgan fingerprint density at radius 1 is 1.16 bits per heavy atom. The Morgan fingerprint density at radius 2 is 1.92 bits per heavy atom. The second-order valence-electron chi connectivity index (χ2n) is 10.7. The van der Waals surface area contributed by atoms with Crippen molar-refractivity contribution in [1.82, 2.24) is 4.98 Å². The number of pyridine rings is 1. The monoisotopic (exact) mass is 507 g/mol. The van der Waals surface area contributed by atoms with E-state index in [1.54, 1.807) is 11.3 Å². The quantitative estimate of drug-likeness (QED) is 0.286. The molecule has 2 heterocycles. The summed E-state index contributed by atoms with van der Waals surface area (Å²) in [5.74, 6) is 0.384. The topological polar surface area (TPSA) is 65.8 Å². The molecule has 0 aliphatic heterocycles. The molecule has 0 spiro atoms. The molecular formula is C32H33N3OS. The molecule has 4 nitrogen and oxygen atoms in total. The first-order chi connectivity index (χ1) is 17.8. The number of nitrogens with zero attached hydrogens (tertiary/aromatic N) is 2. The molecule has 2 aromatic carbocycles. The van der Waals surface area contributed by atoms with Crippen molar-refractivity contribution in [1.29, 1.82) is 5.26 Å². The molecule has 0 saturated heterocycles. The Hall–Kier alpha value is -3.49. The summed E-state index contributed by atoms with van der Waals surface area (Å²) in [6, 6.07) is 20.3. The number of rotatable bonds is 6. The van der Waals surface area contributed by atoms with E-state index in [1.807, 2.05) is 30.3 Å². The van der Waals surface area contributed by atoms with Gasteiger partial charge in [0.25, 0.3) is 5.91 Å². The molecule has 5 heteroatoms. The summed E-state index contributed by atoms with van der Waals surface area (Å²) in [6.45, 7) is 9.06. The minimum Gasteiger partial charge on any atom is -0.312 e. The second kappa shape index (κ2) is 10.1. The van der Waals surface area contributed by atoms with Gasteiger partial charge in [0.15, 0.2) is 0 Å². The highest BCUT2D eigenvalue weighted by molar-refractivity contribution is 7.16. The van der Waals surface area contributed by atoms with Crippen molar-refractivity contribution in [3.63, 3.8) is 0 Å². The largest absolute Gasteiger partial charge is 0.312 e. The molecule has 1 atom stereocenters. The van der Waals surface area contributed by atoms with E-state index in [1.165, 1.54) is 10.4 Å². The first-order valence-electron chi connectivity index (χ1n) is 13.2. The minimum absolute atomic E-state index is 0.203. The molecule has 188 valence electrons. The van der Waals surface area contributed by atoms with Crippen LogP contribution >= 0.6 is 11.3 Å². The summed E-state index contributed by atoms with van der Waals surface area (Å²) in [5.41, 5.74) is 6.38. The maximum atomic E-state index is 13.7. The van der Waals surface area contributed by atoms with E-state index in [0.717, 1.165) is 59.8 Å². The van der Waals surface area contributed by atoms with Gasteiger partial charge in [0, 0.05) is 15.8 Å². The van der Waals surface area contributed by atoms with Crippen LogP contribution in [0.3, 0.4) is 0 Å². The lowest BCUT2D eigenvalue weighted by Crippen LogP contribution is -2.28. The summed E-state index contributed by atoms with van der Waals surface area (Å²) in [4.78, 5) is 19.8. The van der Waals surface area contributed by atoms with Gasteiger partial charge in [-0.3, -0.25) is 4.79 Å². The Morgan fingerprint density at radius 3 is 2.62 bits per heavy atom. The molecular weight excluding hydrogens is 474 g/mol. The number of aromatic nitrogens is 1. The highest BCUT2D eigenvalue weighted by Crippen LogP contribution is 2.45. The van der Waals surface area contributed by atoms with Gasteiger partial charge in [0.2, 0.25) is 0 Å². The number of carbonyl (C=O) groups excluding carboxylic acids is 1. The van der Waals surface area contributed by atoms with E-state index in [2.05, 4.69) is 63.3 Å². The van der Waals surface area contributed by atoms with Gasteiger partial charge in [-0.25, -0.2) is 4.98 Å². The SMILES string of the molecule is CCc1ccc(-c2cc(C(=O)Nc3sc4c(c3C#N)CC[C@@H](C(C)(C)CC)C4)c3ccccc3n2)cc1. The number of hydrogen-bond donors (Lipinski definition) is 1. The number of fused-ring (bicyclic) bond motifs is 2. The third-order valence-electron chi connectivity index (χ3n) is 8.24. The van der Waals surface area contributed by atoms with Gasteiger partial charge < -0.3 is 5.32 Å². The Labute approximate surface area is 223 Å². The smallest absolute Gasteiger partial charge is 0.257 e. The lowest BCUT2D eigenvalue weighted by molar-refractivity contribution is 0.102. The Bertz CT molecular complexity index is 1510. The minimum atomic E-state index is -0.203. The Kier molecular flexibility index (Phi) is 6.88. The number of aryl methyl sites for hydroxylation is 1. The molecule has 1 aliphatic carbocycles. The lowest BCUT2D eigenvalue weighted by atomic mass is 9.69. The molecule has 0 unspecified atom stereocenters. The van der Waals surface area contributed by atoms with Crippen molar-refractivity contribution in [3.8, 4) is 17.3 Å². The third-order valence-corrected chi connectivity index (χ3v) is 9.41. The molecule has 37 heavy (non-hydrogen) atoms. The van der Waals surface area contributed by atoms with Crippen molar-refractivity contribution in [2.24, 2.45) is 11.3 Å². The maximum absolute atomic E-state index is 13.7. The fourth-order valence-electron chi connectivity index (χ4n) is 5.34. The predicted molar refractivity (Wildman–Crippen MR) is 153 cm³/mol. The summed E-state index contributed by atoms with van der Waals surface area (Å²) >= 11 is 1.58. The zero-order chi connectivity index (χ0) is 26.2. The molecule has 5 rings (SSSR count). The van der Waals surface area contributed by atoms with Crippen LogP contribution in [0, 0.1) is 22.7 Å². The van der Waals surface area contributed by atoms with E-state index in [4.69, 9.17) is 4.98 Å². The average molecular weight is 508 g/mol. The van der Waals surface area contributed by atoms with Crippen LogP contribution in [-0.4, -0.2) is 10.9 Å². The van der Waals surface area contributed by atoms with E-state index >= 15 is 0 Å². The number of benzene rings is 2. The molecule has 2 aromatic heterocycles. The highest BCUT2D eigenvalue weighted by atomic mass is 32.1. The van der Waals surface area contributed by atoms with Crippen LogP contribution in [0.4, 0.5) is 5.00 Å². The van der Waals surface area contributed by atoms with Crippen molar-refractivity contribution in [2.45, 2.75) is 59.8 Å². The van der Waals surface area contributed by atoms with E-state index in [-0.39, 0.29) is 11.3 Å². The molecule has 1 amide bonds. The zero-order valence-corrected chi connectivity index (χ0v) is 22.8. The number of thiophene rings is 1. The van der Waals surface area contributed by atoms with Crippen LogP contribution in [0.15, 0.2) is 54.6 Å². The summed E-state index contributed by atoms with van der Waals surface area (Å²) in [5, 5.41) is 14.6. The number of nitriles is 1. The number of para-hydroxylation sites is 1. The van der Waals surface area contributed by atoms with Crippen molar-refractivity contribution >= 4 is 33.1 Å². The summed E-state index contributed by atoms with van der Waals surface area (Å²) < 4.78 is 0. The number of amides is 1. The van der Waals surface area contributed by atoms with Crippen LogP contribution in [0.5, 0.6) is 0 Å². The Balaban J connectivity index is 1.51. The zero-order valence-electron chi connectivity index (χ0n) is 22.0. The lowest BCUT2D eigenvalue weighted by Gasteiger charge is -2.36. The fraction of sp³-hybridized carbons (Fsp3) is 0.344. The van der Waals surface area contributed by atoms with Gasteiger partial charge in [0.1, 0.15) is 11.1 Å². The molecule has 0 radical (unpaired) electrons. The standard InChI is InChI=1S/C32H33N3OS/c1-5-20-11-13-21(14-12-20)28-18-25(23-9-7-8-10-27(23)34-28)30(36)35-31-26(19-33)24-16-15-22(17-29(24)37-31)32(3,4)6-2/h7-14,18,22H,5-6,15-17H2,1-4H3,(H,35,36)/t22-/m1/s1. The molecule has 0 fully saturated rings. The second-order valence-corrected chi connectivity index (χ2v) is 11.8. The van der Waals surface area contributed by atoms with Gasteiger partial charge >= 0.3 is 0 Å². The number of nitrogens with one attached hydrogen (secondary N) is 1. The van der Waals surface area contributed by atoms with Crippen LogP contribution in [0.25, 0.3) is 22.2 Å². The average Bonchev–Trinajstić information content (AvgIpc) is 3.28. The van der Waals surface area contributed by atoms with Crippen LogP contribution in [-0.2, 0) is 19.3 Å². The van der Waals surface area contributed by atoms with Crippen LogP contribution in [0.1, 0.15) is 72.5 Å². The van der Waals surface area contributed by atoms with Crippen molar-refractivity contribution in [2.75, 3.05) is 5.32 Å². The van der Waals surface area contributed by atoms with Crippen molar-refractivity contribution < 1.29 is 4.79 Å². The number of hydrogen-bond acceptors (Lipinski definition) is 4. The summed E-state index contributed by atoms with van der Waals surface area (Å²) in [6.07, 6.45) is 5.06. The first kappa shape index (κ1) is 25.2. The van der Waals surface area contributed by atoms with Gasteiger partial charge in [0.05, 0.1) is 22.3 Å². The predicted octanol–water partition coefficient (Wildman–Crippen LogP) is 8.19. The molecule has 0 bridgehead atoms. The summed E-state index contributed by atoms with van der Waals surface area (Å²) in [7, 11) is 0.